The molecule has 0 amide bonds. The highest BCUT2D eigenvalue weighted by Gasteiger charge is 2.28. The van der Waals surface area contributed by atoms with Gasteiger partial charge in [0.25, 0.3) is 0 Å². The van der Waals surface area contributed by atoms with Crippen LogP contribution in [0.15, 0.2) is 24.3 Å². The Morgan fingerprint density at radius 1 is 1.41 bits per heavy atom. The van der Waals surface area contributed by atoms with E-state index in [9.17, 15) is 5.11 Å². The maximum Gasteiger partial charge on any atom is 0.119 e. The molecule has 90 valence electrons. The zero-order valence-electron chi connectivity index (χ0n) is 9.84. The summed E-state index contributed by atoms with van der Waals surface area (Å²) in [6.07, 6.45) is 1.83. The van der Waals surface area contributed by atoms with Crippen LogP contribution in [0.25, 0.3) is 10.9 Å². The first kappa shape index (κ1) is 11.0. The highest BCUT2D eigenvalue weighted by molar-refractivity contribution is 7.11. The van der Waals surface area contributed by atoms with Crippen LogP contribution in [-0.4, -0.2) is 29.2 Å². The second-order valence-corrected chi connectivity index (χ2v) is 5.63. The smallest absolute Gasteiger partial charge is 0.119 e. The van der Waals surface area contributed by atoms with Crippen LogP contribution in [0.5, 0.6) is 0 Å². The van der Waals surface area contributed by atoms with E-state index in [0.717, 1.165) is 24.9 Å². The van der Waals surface area contributed by atoms with Crippen LogP contribution in [0.3, 0.4) is 0 Å². The minimum absolute atomic E-state index is 0.0633. The van der Waals surface area contributed by atoms with Gasteiger partial charge < -0.3 is 10.0 Å². The zero-order chi connectivity index (χ0) is 11.8. The molecule has 1 aromatic heterocycles. The summed E-state index contributed by atoms with van der Waals surface area (Å²) in [5.41, 5.74) is 1.08. The van der Waals surface area contributed by atoms with Crippen LogP contribution >= 0.6 is 11.5 Å². The third-order valence-corrected chi connectivity index (χ3v) is 4.45. The third-order valence-electron chi connectivity index (χ3n) is 3.45. The molecule has 1 heterocycles. The van der Waals surface area contributed by atoms with Gasteiger partial charge in [0.1, 0.15) is 5.00 Å². The van der Waals surface area contributed by atoms with E-state index in [1.807, 2.05) is 6.07 Å². The number of fused-ring (bicyclic) bond motifs is 1. The Hall–Kier alpha value is -1.13. The molecule has 1 aromatic carbocycles. The number of aliphatic hydroxyl groups is 1. The molecule has 2 aromatic rings. The van der Waals surface area contributed by atoms with Crippen molar-refractivity contribution in [2.75, 3.05) is 18.5 Å². The minimum atomic E-state index is -0.0633. The monoisotopic (exact) mass is 248 g/mol. The molecule has 0 atom stereocenters. The number of hydrogen-bond donors (Lipinski definition) is 1. The SMILES string of the molecule is CN(CC1CC(O)C1)c1snc2ccccc12. The standard InChI is InChI=1S/C13H16N2OS/c1-15(8-9-6-10(16)7-9)13-11-4-2-3-5-12(11)14-17-13/h2-5,9-10,16H,6-8H2,1H3. The zero-order valence-corrected chi connectivity index (χ0v) is 10.7. The second-order valence-electron chi connectivity index (χ2n) is 4.88. The van der Waals surface area contributed by atoms with E-state index in [0.29, 0.717) is 5.92 Å². The average Bonchev–Trinajstić information content (AvgIpc) is 2.70. The molecule has 1 N–H and O–H groups in total. The Labute approximate surface area is 105 Å². The average molecular weight is 248 g/mol. The fourth-order valence-corrected chi connectivity index (χ4v) is 3.30. The van der Waals surface area contributed by atoms with Gasteiger partial charge in [-0.25, -0.2) is 0 Å². The van der Waals surface area contributed by atoms with Crippen molar-refractivity contribution < 1.29 is 5.11 Å². The number of rotatable bonds is 3. The summed E-state index contributed by atoms with van der Waals surface area (Å²) in [6.45, 7) is 1.02. The lowest BCUT2D eigenvalue weighted by atomic mass is 9.82. The van der Waals surface area contributed by atoms with E-state index in [1.165, 1.54) is 10.4 Å². The van der Waals surface area contributed by atoms with Crippen LogP contribution < -0.4 is 4.90 Å². The molecule has 1 saturated carbocycles. The van der Waals surface area contributed by atoms with Crippen LogP contribution in [0, 0.1) is 5.92 Å². The van der Waals surface area contributed by atoms with Crippen molar-refractivity contribution in [3.05, 3.63) is 24.3 Å². The van der Waals surface area contributed by atoms with Crippen molar-refractivity contribution in [1.82, 2.24) is 4.37 Å². The molecule has 0 saturated heterocycles. The molecule has 1 aliphatic rings. The largest absolute Gasteiger partial charge is 0.393 e. The number of aromatic nitrogens is 1. The fraction of sp³-hybridized carbons (Fsp3) is 0.462. The van der Waals surface area contributed by atoms with Crippen molar-refractivity contribution in [2.45, 2.75) is 18.9 Å². The lowest BCUT2D eigenvalue weighted by Gasteiger charge is -2.34. The second kappa shape index (κ2) is 4.27. The quantitative estimate of drug-likeness (QED) is 0.906. The van der Waals surface area contributed by atoms with E-state index < -0.39 is 0 Å². The molecule has 0 aliphatic heterocycles. The number of anilines is 1. The fourth-order valence-electron chi connectivity index (χ4n) is 2.47. The predicted octanol–water partition coefficient (Wildman–Crippen LogP) is 2.50. The maximum atomic E-state index is 9.31. The van der Waals surface area contributed by atoms with Gasteiger partial charge in [-0.2, -0.15) is 4.37 Å². The van der Waals surface area contributed by atoms with Gasteiger partial charge in [0.05, 0.1) is 11.6 Å². The van der Waals surface area contributed by atoms with Crippen molar-refractivity contribution in [2.24, 2.45) is 5.92 Å². The Morgan fingerprint density at radius 3 is 2.94 bits per heavy atom. The molecular formula is C13H16N2OS. The van der Waals surface area contributed by atoms with E-state index in [2.05, 4.69) is 34.5 Å². The van der Waals surface area contributed by atoms with Gasteiger partial charge in [0.15, 0.2) is 0 Å². The van der Waals surface area contributed by atoms with Crippen LogP contribution in [0.1, 0.15) is 12.8 Å². The first-order valence-corrected chi connectivity index (χ1v) is 6.75. The molecule has 0 unspecified atom stereocenters. The summed E-state index contributed by atoms with van der Waals surface area (Å²) >= 11 is 1.56. The van der Waals surface area contributed by atoms with Gasteiger partial charge in [0, 0.05) is 19.0 Å². The molecule has 1 fully saturated rings. The Kier molecular flexibility index (Phi) is 2.76. The van der Waals surface area contributed by atoms with Gasteiger partial charge in [-0.3, -0.25) is 0 Å². The summed E-state index contributed by atoms with van der Waals surface area (Å²) in [4.78, 5) is 2.27. The van der Waals surface area contributed by atoms with E-state index in [4.69, 9.17) is 0 Å². The topological polar surface area (TPSA) is 36.4 Å². The van der Waals surface area contributed by atoms with E-state index in [1.54, 1.807) is 11.5 Å². The van der Waals surface area contributed by atoms with Gasteiger partial charge in [-0.15, -0.1) is 0 Å². The van der Waals surface area contributed by atoms with Crippen molar-refractivity contribution in [3.63, 3.8) is 0 Å². The molecule has 3 rings (SSSR count). The van der Waals surface area contributed by atoms with Crippen molar-refractivity contribution in [3.8, 4) is 0 Å². The third kappa shape index (κ3) is 2.03. The molecule has 4 heteroatoms. The summed E-state index contributed by atoms with van der Waals surface area (Å²) in [6, 6.07) is 8.26. The Morgan fingerprint density at radius 2 is 2.18 bits per heavy atom. The van der Waals surface area contributed by atoms with Gasteiger partial charge in [-0.05, 0) is 42.4 Å². The molecular weight excluding hydrogens is 232 g/mol. The number of benzene rings is 1. The minimum Gasteiger partial charge on any atom is -0.393 e. The number of hydrogen-bond acceptors (Lipinski definition) is 4. The highest BCUT2D eigenvalue weighted by Crippen LogP contribution is 2.34. The number of nitrogens with zero attached hydrogens (tertiary/aromatic N) is 2. The van der Waals surface area contributed by atoms with E-state index in [-0.39, 0.29) is 6.10 Å². The maximum absolute atomic E-state index is 9.31. The summed E-state index contributed by atoms with van der Waals surface area (Å²) in [5.74, 6) is 0.635. The Bertz CT molecular complexity index is 519. The van der Waals surface area contributed by atoms with Crippen molar-refractivity contribution >= 4 is 27.4 Å². The highest BCUT2D eigenvalue weighted by atomic mass is 32.1. The molecule has 3 nitrogen and oxygen atoms in total. The van der Waals surface area contributed by atoms with Gasteiger partial charge in [0.2, 0.25) is 0 Å². The van der Waals surface area contributed by atoms with E-state index >= 15 is 0 Å². The normalized spacial score (nSPS) is 23.6. The van der Waals surface area contributed by atoms with Gasteiger partial charge >= 0.3 is 0 Å². The Balaban J connectivity index is 1.78. The van der Waals surface area contributed by atoms with Crippen LogP contribution in [0.4, 0.5) is 5.00 Å². The summed E-state index contributed by atoms with van der Waals surface area (Å²) in [5, 5.41) is 11.8. The summed E-state index contributed by atoms with van der Waals surface area (Å²) < 4.78 is 4.46. The molecule has 17 heavy (non-hydrogen) atoms. The molecule has 0 bridgehead atoms. The van der Waals surface area contributed by atoms with Gasteiger partial charge in [-0.1, -0.05) is 12.1 Å². The molecule has 0 spiro atoms. The predicted molar refractivity (Wildman–Crippen MR) is 71.6 cm³/mol. The first-order valence-electron chi connectivity index (χ1n) is 5.97. The molecule has 0 radical (unpaired) electrons. The number of aliphatic hydroxyl groups excluding tert-OH is 1. The lowest BCUT2D eigenvalue weighted by molar-refractivity contribution is 0.0465. The summed E-state index contributed by atoms with van der Waals surface area (Å²) in [7, 11) is 2.12. The molecule has 1 aliphatic carbocycles. The lowest BCUT2D eigenvalue weighted by Crippen LogP contribution is -2.36. The van der Waals surface area contributed by atoms with Crippen LogP contribution in [-0.2, 0) is 0 Å². The first-order chi connectivity index (χ1) is 8.24. The van der Waals surface area contributed by atoms with Crippen LogP contribution in [0.2, 0.25) is 0 Å². The van der Waals surface area contributed by atoms with Crippen molar-refractivity contribution in [1.29, 1.82) is 0 Å².